The molecule has 1 aliphatic heterocycles. The van der Waals surface area contributed by atoms with Crippen LogP contribution in [0.2, 0.25) is 0 Å². The van der Waals surface area contributed by atoms with Crippen LogP contribution in [0.3, 0.4) is 0 Å². The normalized spacial score (nSPS) is 19.8. The monoisotopic (exact) mass is 282 g/mol. The van der Waals surface area contributed by atoms with Crippen LogP contribution >= 0.6 is 0 Å². The fourth-order valence-corrected chi connectivity index (χ4v) is 3.69. The van der Waals surface area contributed by atoms with Crippen molar-refractivity contribution in [1.82, 2.24) is 0 Å². The number of ketones is 1. The molecule has 1 heterocycles. The Morgan fingerprint density at radius 3 is 2.60 bits per heavy atom. The zero-order chi connectivity index (χ0) is 14.2. The second-order valence-corrected chi connectivity index (χ2v) is 7.03. The van der Waals surface area contributed by atoms with Gasteiger partial charge in [-0.25, -0.2) is 0 Å². The van der Waals surface area contributed by atoms with E-state index < -0.39 is 9.52 Å². The topological polar surface area (TPSA) is 34.1 Å². The highest BCUT2D eigenvalue weighted by atomic mass is 32.2. The van der Waals surface area contributed by atoms with Gasteiger partial charge in [0.05, 0.1) is 0 Å². The fourth-order valence-electron chi connectivity index (χ4n) is 2.29. The van der Waals surface area contributed by atoms with E-state index in [-0.39, 0.29) is 5.78 Å². The predicted octanol–water partition coefficient (Wildman–Crippen LogP) is 3.17. The SMILES string of the molecule is C=S1(=O)C=Cc2ccc(CC(=O)c3ccccc3)cc21. The van der Waals surface area contributed by atoms with Gasteiger partial charge < -0.3 is 0 Å². The van der Waals surface area contributed by atoms with Crippen LogP contribution in [0.15, 0.2) is 58.8 Å². The highest BCUT2D eigenvalue weighted by molar-refractivity contribution is 8.03. The van der Waals surface area contributed by atoms with Crippen molar-refractivity contribution in [2.45, 2.75) is 11.3 Å². The van der Waals surface area contributed by atoms with E-state index in [1.54, 1.807) is 5.41 Å². The number of hydrogen-bond acceptors (Lipinski definition) is 2. The smallest absolute Gasteiger partial charge is 0.167 e. The zero-order valence-corrected chi connectivity index (χ0v) is 11.7. The van der Waals surface area contributed by atoms with E-state index in [1.165, 1.54) is 0 Å². The predicted molar refractivity (Wildman–Crippen MR) is 83.5 cm³/mol. The molecule has 2 aromatic rings. The van der Waals surface area contributed by atoms with Gasteiger partial charge in [-0.1, -0.05) is 42.5 Å². The first-order valence-corrected chi connectivity index (χ1v) is 8.12. The van der Waals surface area contributed by atoms with Gasteiger partial charge in [0.1, 0.15) is 0 Å². The molecule has 0 saturated heterocycles. The van der Waals surface area contributed by atoms with E-state index in [4.69, 9.17) is 0 Å². The molecule has 0 N–H and O–H groups in total. The molecule has 0 fully saturated rings. The van der Waals surface area contributed by atoms with Crippen LogP contribution in [0, 0.1) is 0 Å². The lowest BCUT2D eigenvalue weighted by atomic mass is 10.0. The van der Waals surface area contributed by atoms with Gasteiger partial charge >= 0.3 is 0 Å². The van der Waals surface area contributed by atoms with Gasteiger partial charge in [-0.3, -0.25) is 9.00 Å². The molecule has 2 nitrogen and oxygen atoms in total. The summed E-state index contributed by atoms with van der Waals surface area (Å²) in [4.78, 5) is 12.9. The van der Waals surface area contributed by atoms with Gasteiger partial charge in [-0.05, 0) is 34.5 Å². The van der Waals surface area contributed by atoms with Crippen LogP contribution in [0.5, 0.6) is 0 Å². The van der Waals surface area contributed by atoms with Gasteiger partial charge in [0.15, 0.2) is 5.78 Å². The van der Waals surface area contributed by atoms with Crippen LogP contribution in [0.4, 0.5) is 0 Å². The van der Waals surface area contributed by atoms with E-state index in [9.17, 15) is 9.00 Å². The third-order valence-electron chi connectivity index (χ3n) is 3.38. The summed E-state index contributed by atoms with van der Waals surface area (Å²) < 4.78 is 12.2. The molecule has 0 bridgehead atoms. The summed E-state index contributed by atoms with van der Waals surface area (Å²) >= 11 is 0. The number of carbonyl (C=O) groups excluding carboxylic acids is 1. The van der Waals surface area contributed by atoms with E-state index >= 15 is 0 Å². The maximum absolute atomic E-state index is 12.2. The maximum Gasteiger partial charge on any atom is 0.167 e. The summed E-state index contributed by atoms with van der Waals surface area (Å²) in [7, 11) is -2.32. The molecule has 1 unspecified atom stereocenters. The summed E-state index contributed by atoms with van der Waals surface area (Å²) in [5.74, 6) is 3.81. The Morgan fingerprint density at radius 2 is 1.85 bits per heavy atom. The van der Waals surface area contributed by atoms with Crippen molar-refractivity contribution < 1.29 is 9.00 Å². The van der Waals surface area contributed by atoms with E-state index in [2.05, 4.69) is 5.87 Å². The third kappa shape index (κ3) is 2.32. The summed E-state index contributed by atoms with van der Waals surface area (Å²) in [6, 6.07) is 14.8. The second-order valence-electron chi connectivity index (χ2n) is 4.87. The first-order valence-electron chi connectivity index (χ1n) is 6.33. The molecular formula is C17H14O2S. The molecule has 1 aliphatic rings. The highest BCUT2D eigenvalue weighted by Gasteiger charge is 2.16. The van der Waals surface area contributed by atoms with Crippen LogP contribution < -0.4 is 0 Å². The molecule has 0 saturated carbocycles. The van der Waals surface area contributed by atoms with Gasteiger partial charge in [0.25, 0.3) is 0 Å². The largest absolute Gasteiger partial charge is 0.294 e. The van der Waals surface area contributed by atoms with Crippen molar-refractivity contribution in [2.75, 3.05) is 0 Å². The Balaban J connectivity index is 1.89. The second kappa shape index (κ2) is 4.76. The average molecular weight is 282 g/mol. The molecule has 3 rings (SSSR count). The minimum absolute atomic E-state index is 0.0621. The van der Waals surface area contributed by atoms with E-state index in [0.717, 1.165) is 16.0 Å². The van der Waals surface area contributed by atoms with Crippen molar-refractivity contribution in [3.8, 4) is 0 Å². The van der Waals surface area contributed by atoms with Crippen molar-refractivity contribution in [3.05, 3.63) is 70.6 Å². The van der Waals surface area contributed by atoms with Crippen LogP contribution in [-0.4, -0.2) is 15.9 Å². The standard InChI is InChI=1S/C17H14O2S/c1-20(19)10-9-15-8-7-13(12-17(15)20)11-16(18)14-5-3-2-4-6-14/h2-10,12H,1,11H2. The number of rotatable bonds is 3. The summed E-state index contributed by atoms with van der Waals surface area (Å²) in [5, 5.41) is 1.64. The molecular weight excluding hydrogens is 268 g/mol. The number of carbonyl (C=O) groups is 1. The maximum atomic E-state index is 12.2. The van der Waals surface area contributed by atoms with Crippen LogP contribution in [0.1, 0.15) is 21.5 Å². The minimum atomic E-state index is -2.32. The molecule has 0 aliphatic carbocycles. The molecule has 20 heavy (non-hydrogen) atoms. The summed E-state index contributed by atoms with van der Waals surface area (Å²) in [5.41, 5.74) is 2.50. The molecule has 0 aromatic heterocycles. The number of Topliss-reactive ketones (excluding diaryl/α,β-unsaturated/α-hetero) is 1. The van der Waals surface area contributed by atoms with Gasteiger partial charge in [0, 0.05) is 26.4 Å². The molecule has 2 aromatic carbocycles. The highest BCUT2D eigenvalue weighted by Crippen LogP contribution is 2.28. The lowest BCUT2D eigenvalue weighted by molar-refractivity contribution is 0.0993. The first-order chi connectivity index (χ1) is 9.56. The Kier molecular flexibility index (Phi) is 3.07. The fraction of sp³-hybridized carbons (Fsp3) is 0.0588. The lowest BCUT2D eigenvalue weighted by Gasteiger charge is -2.06. The Labute approximate surface area is 118 Å². The quantitative estimate of drug-likeness (QED) is 0.640. The first kappa shape index (κ1) is 12.9. The average Bonchev–Trinajstić information content (AvgIpc) is 2.75. The van der Waals surface area contributed by atoms with Gasteiger partial charge in [-0.15, -0.1) is 0 Å². The van der Waals surface area contributed by atoms with E-state index in [1.807, 2.05) is 54.6 Å². The van der Waals surface area contributed by atoms with Crippen LogP contribution in [0.25, 0.3) is 6.08 Å². The number of fused-ring (bicyclic) bond motifs is 1. The van der Waals surface area contributed by atoms with Gasteiger partial charge in [0.2, 0.25) is 0 Å². The Hall–Kier alpha value is -2.13. The Morgan fingerprint density at radius 1 is 1.10 bits per heavy atom. The molecule has 0 radical (unpaired) electrons. The van der Waals surface area contributed by atoms with E-state index in [0.29, 0.717) is 12.0 Å². The molecule has 0 spiro atoms. The van der Waals surface area contributed by atoms with Crippen molar-refractivity contribution in [3.63, 3.8) is 0 Å². The van der Waals surface area contributed by atoms with Gasteiger partial charge in [-0.2, -0.15) is 0 Å². The molecule has 1 atom stereocenters. The third-order valence-corrected chi connectivity index (χ3v) is 5.05. The van der Waals surface area contributed by atoms with Crippen molar-refractivity contribution in [1.29, 1.82) is 0 Å². The lowest BCUT2D eigenvalue weighted by Crippen LogP contribution is -2.04. The molecule has 100 valence electrons. The number of hydrogen-bond donors (Lipinski definition) is 0. The van der Waals surface area contributed by atoms with Crippen molar-refractivity contribution in [2.24, 2.45) is 0 Å². The minimum Gasteiger partial charge on any atom is -0.294 e. The summed E-state index contributed by atoms with van der Waals surface area (Å²) in [6.45, 7) is 0. The Bertz CT molecular complexity index is 800. The van der Waals surface area contributed by atoms with Crippen LogP contribution in [-0.2, 0) is 15.9 Å². The number of benzene rings is 2. The van der Waals surface area contributed by atoms with Crippen molar-refractivity contribution >= 4 is 27.3 Å². The molecule has 3 heteroatoms. The molecule has 0 amide bonds. The zero-order valence-electron chi connectivity index (χ0n) is 10.9. The summed E-state index contributed by atoms with van der Waals surface area (Å²) in [6.07, 6.45) is 2.14.